The van der Waals surface area contributed by atoms with Gasteiger partial charge >= 0.3 is 0 Å². The molecule has 2 aromatic rings. The lowest BCUT2D eigenvalue weighted by Crippen LogP contribution is -2.31. The highest BCUT2D eigenvalue weighted by Gasteiger charge is 2.41. The molecule has 3 rings (SSSR count). The van der Waals surface area contributed by atoms with E-state index in [-0.39, 0.29) is 22.8 Å². The molecule has 0 fully saturated rings. The van der Waals surface area contributed by atoms with Gasteiger partial charge in [-0.15, -0.1) is 11.8 Å². The summed E-state index contributed by atoms with van der Waals surface area (Å²) in [4.78, 5) is 27.9. The first kappa shape index (κ1) is 20.8. The first-order valence-corrected chi connectivity index (χ1v) is 9.78. The minimum absolute atomic E-state index is 0.122. The van der Waals surface area contributed by atoms with Crippen molar-refractivity contribution in [1.82, 2.24) is 0 Å². The fourth-order valence-electron chi connectivity index (χ4n) is 3.07. The quantitative estimate of drug-likeness (QED) is 0.664. The molecule has 7 nitrogen and oxygen atoms in total. The van der Waals surface area contributed by atoms with Gasteiger partial charge < -0.3 is 19.3 Å². The Morgan fingerprint density at radius 1 is 0.897 bits per heavy atom. The summed E-state index contributed by atoms with van der Waals surface area (Å²) in [6.07, 6.45) is 0. The lowest BCUT2D eigenvalue weighted by molar-refractivity contribution is -0.119. The van der Waals surface area contributed by atoms with E-state index in [2.05, 4.69) is 0 Å². The van der Waals surface area contributed by atoms with Crippen LogP contribution in [0, 0.1) is 0 Å². The maximum Gasteiger partial charge on any atom is 0.272 e. The number of amides is 2. The predicted molar refractivity (Wildman–Crippen MR) is 111 cm³/mol. The number of anilines is 1. The molecule has 152 valence electrons. The van der Waals surface area contributed by atoms with Crippen LogP contribution < -0.4 is 19.1 Å². The van der Waals surface area contributed by atoms with Crippen molar-refractivity contribution >= 4 is 34.8 Å². The number of carbonyl (C=O) groups excluding carboxylic acids is 2. The van der Waals surface area contributed by atoms with E-state index in [0.717, 1.165) is 16.7 Å². The van der Waals surface area contributed by atoms with Crippen molar-refractivity contribution in [3.8, 4) is 17.2 Å². The summed E-state index contributed by atoms with van der Waals surface area (Å²) < 4.78 is 15.9. The van der Waals surface area contributed by atoms with E-state index in [0.29, 0.717) is 28.5 Å². The lowest BCUT2D eigenvalue weighted by atomic mass is 10.1. The number of methoxy groups -OCH3 is 3. The summed E-state index contributed by atoms with van der Waals surface area (Å²) in [5.74, 6) is 0.731. The third-order valence-corrected chi connectivity index (χ3v) is 5.43. The Kier molecular flexibility index (Phi) is 6.46. The van der Waals surface area contributed by atoms with E-state index in [4.69, 9.17) is 14.2 Å². The molecule has 0 aromatic heterocycles. The maximum absolute atomic E-state index is 13.4. The summed E-state index contributed by atoms with van der Waals surface area (Å²) in [6, 6.07) is 11.9. The van der Waals surface area contributed by atoms with Crippen molar-refractivity contribution in [2.24, 2.45) is 0 Å². The number of ether oxygens (including phenoxy) is 3. The Morgan fingerprint density at radius 3 is 2.24 bits per heavy atom. The minimum Gasteiger partial charge on any atom is -0.495 e. The monoisotopic (exact) mass is 415 g/mol. The summed E-state index contributed by atoms with van der Waals surface area (Å²) in [6.45, 7) is -0.122. The van der Waals surface area contributed by atoms with Gasteiger partial charge in [0.2, 0.25) is 0 Å². The van der Waals surface area contributed by atoms with Crippen molar-refractivity contribution < 1.29 is 28.9 Å². The number of hydrogen-bond donors (Lipinski definition) is 1. The Labute approximate surface area is 172 Å². The summed E-state index contributed by atoms with van der Waals surface area (Å²) in [5, 5.41) is 9.24. The van der Waals surface area contributed by atoms with Crippen LogP contribution in [0.15, 0.2) is 47.4 Å². The van der Waals surface area contributed by atoms with Gasteiger partial charge in [-0.05, 0) is 29.8 Å². The fourth-order valence-corrected chi connectivity index (χ4v) is 3.93. The largest absolute Gasteiger partial charge is 0.495 e. The molecule has 0 aliphatic carbocycles. The first-order chi connectivity index (χ1) is 14.1. The molecule has 8 heteroatoms. The van der Waals surface area contributed by atoms with Gasteiger partial charge in [0.05, 0.1) is 44.1 Å². The van der Waals surface area contributed by atoms with Crippen molar-refractivity contribution in [2.75, 3.05) is 38.6 Å². The van der Waals surface area contributed by atoms with Gasteiger partial charge in [-0.2, -0.15) is 0 Å². The summed E-state index contributed by atoms with van der Waals surface area (Å²) in [7, 11) is 4.50. The zero-order valence-corrected chi connectivity index (χ0v) is 17.1. The van der Waals surface area contributed by atoms with Gasteiger partial charge in [0.15, 0.2) is 11.5 Å². The van der Waals surface area contributed by atoms with Gasteiger partial charge in [-0.25, -0.2) is 4.90 Å². The van der Waals surface area contributed by atoms with Gasteiger partial charge in [0.25, 0.3) is 11.8 Å². The average molecular weight is 415 g/mol. The highest BCUT2D eigenvalue weighted by molar-refractivity contribution is 8.04. The standard InChI is InChI=1S/C21H21NO6S/c1-26-15-7-5-4-6-14(15)22-20(24)18(19(21(22)25)29-11-10-23)13-8-9-16(27-2)17(12-13)28-3/h4-9,12,23H,10-11H2,1-3H3. The maximum atomic E-state index is 13.4. The van der Waals surface area contributed by atoms with Crippen LogP contribution in [0.4, 0.5) is 5.69 Å². The molecule has 0 spiro atoms. The molecule has 1 aliphatic rings. The number of hydrogen-bond acceptors (Lipinski definition) is 7. The van der Waals surface area contributed by atoms with Gasteiger partial charge in [0, 0.05) is 5.75 Å². The number of rotatable bonds is 8. The van der Waals surface area contributed by atoms with Gasteiger partial charge in [-0.1, -0.05) is 18.2 Å². The average Bonchev–Trinajstić information content (AvgIpc) is 3.00. The van der Waals surface area contributed by atoms with E-state index >= 15 is 0 Å². The van der Waals surface area contributed by atoms with Gasteiger partial charge in [0.1, 0.15) is 5.75 Å². The molecule has 0 saturated heterocycles. The molecule has 1 N–H and O–H groups in total. The number of imide groups is 1. The molecule has 0 unspecified atom stereocenters. The molecule has 29 heavy (non-hydrogen) atoms. The van der Waals surface area contributed by atoms with Crippen LogP contribution in [-0.2, 0) is 9.59 Å². The fraction of sp³-hybridized carbons (Fsp3) is 0.238. The smallest absolute Gasteiger partial charge is 0.272 e. The molecule has 0 bridgehead atoms. The van der Waals surface area contributed by atoms with E-state index in [1.54, 1.807) is 42.5 Å². The number of aliphatic hydroxyl groups is 1. The summed E-state index contributed by atoms with van der Waals surface area (Å²) in [5.41, 5.74) is 1.14. The Hall–Kier alpha value is -2.97. The number of thioether (sulfide) groups is 1. The zero-order valence-electron chi connectivity index (χ0n) is 16.3. The van der Waals surface area contributed by atoms with Crippen molar-refractivity contribution in [2.45, 2.75) is 0 Å². The number of aliphatic hydroxyl groups excluding tert-OH is 1. The second-order valence-corrected chi connectivity index (χ2v) is 7.07. The lowest BCUT2D eigenvalue weighted by Gasteiger charge is -2.18. The molecule has 2 aromatic carbocycles. The van der Waals surface area contributed by atoms with Crippen LogP contribution in [0.3, 0.4) is 0 Å². The second-order valence-electron chi connectivity index (χ2n) is 5.96. The molecule has 1 heterocycles. The summed E-state index contributed by atoms with van der Waals surface area (Å²) >= 11 is 1.14. The Balaban J connectivity index is 2.13. The Morgan fingerprint density at radius 2 is 1.59 bits per heavy atom. The first-order valence-electron chi connectivity index (χ1n) is 8.79. The molecule has 0 saturated carbocycles. The molecular formula is C21H21NO6S. The van der Waals surface area contributed by atoms with Crippen molar-refractivity contribution in [1.29, 1.82) is 0 Å². The topological polar surface area (TPSA) is 85.3 Å². The Bertz CT molecular complexity index is 971. The van der Waals surface area contributed by atoms with E-state index in [9.17, 15) is 14.7 Å². The highest BCUT2D eigenvalue weighted by atomic mass is 32.2. The van der Waals surface area contributed by atoms with Crippen molar-refractivity contribution in [3.05, 3.63) is 52.9 Å². The van der Waals surface area contributed by atoms with Crippen LogP contribution in [0.1, 0.15) is 5.56 Å². The van der Waals surface area contributed by atoms with E-state index in [1.165, 1.54) is 21.3 Å². The van der Waals surface area contributed by atoms with E-state index in [1.807, 2.05) is 0 Å². The normalized spacial score (nSPS) is 13.9. The second kappa shape index (κ2) is 9.02. The van der Waals surface area contributed by atoms with Crippen LogP contribution in [-0.4, -0.2) is 50.6 Å². The molecular weight excluding hydrogens is 394 g/mol. The molecule has 0 radical (unpaired) electrons. The van der Waals surface area contributed by atoms with Gasteiger partial charge in [-0.3, -0.25) is 9.59 Å². The van der Waals surface area contributed by atoms with Crippen molar-refractivity contribution in [3.63, 3.8) is 0 Å². The number of nitrogens with zero attached hydrogens (tertiary/aromatic N) is 1. The van der Waals surface area contributed by atoms with Crippen LogP contribution in [0.25, 0.3) is 5.57 Å². The highest BCUT2D eigenvalue weighted by Crippen LogP contribution is 2.42. The minimum atomic E-state index is -0.466. The third-order valence-electron chi connectivity index (χ3n) is 4.38. The molecule has 2 amide bonds. The van der Waals surface area contributed by atoms with Crippen LogP contribution in [0.5, 0.6) is 17.2 Å². The number of benzene rings is 2. The number of carbonyl (C=O) groups is 2. The SMILES string of the molecule is COc1ccc(C2=C(SCCO)C(=O)N(c3ccccc3OC)C2=O)cc1OC. The molecule has 1 aliphatic heterocycles. The zero-order chi connectivity index (χ0) is 21.0. The number of para-hydroxylation sites is 2. The van der Waals surface area contributed by atoms with Crippen LogP contribution in [0.2, 0.25) is 0 Å². The molecule has 0 atom stereocenters. The van der Waals surface area contributed by atoms with Crippen LogP contribution >= 0.6 is 11.8 Å². The third kappa shape index (κ3) is 3.81. The predicted octanol–water partition coefficient (Wildman–Crippen LogP) is 2.72. The van der Waals surface area contributed by atoms with E-state index < -0.39 is 11.8 Å².